The van der Waals surface area contributed by atoms with E-state index in [0.717, 1.165) is 27.9 Å². The monoisotopic (exact) mass is 492 g/mol. The van der Waals surface area contributed by atoms with E-state index in [9.17, 15) is 19.4 Å². The minimum Gasteiger partial charge on any atom is -0.481 e. The molecule has 3 unspecified atom stereocenters. The maximum Gasteiger partial charge on any atom is 0.307 e. The maximum absolute atomic E-state index is 14.6. The molecule has 0 aliphatic heterocycles. The minimum absolute atomic E-state index is 0.0146. The van der Waals surface area contributed by atoms with E-state index in [1.807, 2.05) is 19.1 Å². The average molecular weight is 493 g/mol. The fourth-order valence-corrected chi connectivity index (χ4v) is 5.02. The van der Waals surface area contributed by atoms with Crippen LogP contribution < -0.4 is 9.47 Å². The molecule has 0 amide bonds. The summed E-state index contributed by atoms with van der Waals surface area (Å²) >= 11 is 0. The first kappa shape index (κ1) is 24.2. The van der Waals surface area contributed by atoms with Gasteiger partial charge in [-0.1, -0.05) is 6.07 Å². The Morgan fingerprint density at radius 2 is 1.97 bits per heavy atom. The van der Waals surface area contributed by atoms with E-state index in [0.29, 0.717) is 36.8 Å². The molecule has 2 heterocycles. The largest absolute Gasteiger partial charge is 0.481 e. The number of aliphatic carboxylic acids is 1. The number of aryl methyl sites for hydroxylation is 1. The average Bonchev–Trinajstić information content (AvgIpc) is 3.40. The fraction of sp³-hybridized carbons (Fsp3) is 0.393. The zero-order valence-corrected chi connectivity index (χ0v) is 20.5. The molecule has 2 aromatic heterocycles. The lowest BCUT2D eigenvalue weighted by Crippen LogP contribution is -2.22. The maximum atomic E-state index is 14.6. The van der Waals surface area contributed by atoms with Gasteiger partial charge in [-0.3, -0.25) is 4.79 Å². The Morgan fingerprint density at radius 1 is 1.17 bits per heavy atom. The number of hydrogen-bond acceptors (Lipinski definition) is 6. The van der Waals surface area contributed by atoms with Gasteiger partial charge in [0, 0.05) is 47.5 Å². The van der Waals surface area contributed by atoms with Gasteiger partial charge in [-0.2, -0.15) is 0 Å². The van der Waals surface area contributed by atoms with E-state index >= 15 is 0 Å². The van der Waals surface area contributed by atoms with Crippen LogP contribution in [0.2, 0.25) is 0 Å². The number of carboxylic acid groups (broad SMARTS) is 1. The molecule has 5 rings (SSSR count). The third-order valence-corrected chi connectivity index (χ3v) is 7.02. The van der Waals surface area contributed by atoms with Crippen molar-refractivity contribution < 1.29 is 28.9 Å². The van der Waals surface area contributed by atoms with Crippen molar-refractivity contribution in [3.05, 3.63) is 70.8 Å². The molecule has 8 heteroatoms. The third kappa shape index (κ3) is 4.91. The second kappa shape index (κ2) is 9.17. The van der Waals surface area contributed by atoms with Crippen LogP contribution in [0.1, 0.15) is 48.6 Å². The number of aliphatic hydroxyl groups is 1. The minimum atomic E-state index is -0.805. The number of benzene rings is 1. The van der Waals surface area contributed by atoms with Crippen LogP contribution in [0.3, 0.4) is 0 Å². The molecular formula is C28H29FN2O5. The number of carboxylic acids is 1. The van der Waals surface area contributed by atoms with Gasteiger partial charge in [0.05, 0.1) is 18.1 Å². The predicted octanol–water partition coefficient (Wildman–Crippen LogP) is 4.68. The SMILES string of the molecule is Cc1nc(OCCC(C)(C)O)ccc1-c1ccc(F)c(COc2cc3c(cn2)C2C(C3)C2C(=O)O)c1. The van der Waals surface area contributed by atoms with Crippen molar-refractivity contribution in [2.75, 3.05) is 6.61 Å². The van der Waals surface area contributed by atoms with Crippen molar-refractivity contribution in [3.8, 4) is 22.9 Å². The molecule has 2 aliphatic rings. The summed E-state index contributed by atoms with van der Waals surface area (Å²) in [6.07, 6.45) is 2.90. The molecule has 0 radical (unpaired) electrons. The van der Waals surface area contributed by atoms with E-state index in [4.69, 9.17) is 9.47 Å². The van der Waals surface area contributed by atoms with Crippen LogP contribution in [0.5, 0.6) is 11.8 Å². The topological polar surface area (TPSA) is 102 Å². The van der Waals surface area contributed by atoms with Crippen LogP contribution in [-0.4, -0.2) is 38.4 Å². The highest BCUT2D eigenvalue weighted by Gasteiger charge is 2.59. The lowest BCUT2D eigenvalue weighted by molar-refractivity contribution is -0.139. The quantitative estimate of drug-likeness (QED) is 0.447. The highest BCUT2D eigenvalue weighted by atomic mass is 19.1. The Labute approximate surface area is 208 Å². The number of hydrogen-bond donors (Lipinski definition) is 2. The molecule has 0 saturated heterocycles. The smallest absolute Gasteiger partial charge is 0.307 e. The lowest BCUT2D eigenvalue weighted by Gasteiger charge is -2.17. The summed E-state index contributed by atoms with van der Waals surface area (Å²) in [5.41, 5.74) is 4.05. The molecule has 1 aromatic carbocycles. The van der Waals surface area contributed by atoms with E-state index in [-0.39, 0.29) is 30.2 Å². The number of ether oxygens (including phenoxy) is 2. The van der Waals surface area contributed by atoms with Gasteiger partial charge in [0.2, 0.25) is 11.8 Å². The summed E-state index contributed by atoms with van der Waals surface area (Å²) in [6.45, 7) is 5.69. The molecular weight excluding hydrogens is 463 g/mol. The van der Waals surface area contributed by atoms with Crippen LogP contribution >= 0.6 is 0 Å². The van der Waals surface area contributed by atoms with Crippen molar-refractivity contribution in [1.82, 2.24) is 9.97 Å². The first-order valence-electron chi connectivity index (χ1n) is 12.1. The summed E-state index contributed by atoms with van der Waals surface area (Å²) in [7, 11) is 0. The standard InChI is InChI=1S/C28H29FN2O5/c1-15-19(5-7-23(31-15)35-9-8-28(2,3)34)16-4-6-22(29)18(10-16)14-36-24-12-17-11-20-25(21(17)13-30-24)26(20)27(32)33/h4-7,10,12-13,20,25-26,34H,8-9,11,14H2,1-3H3,(H,32,33). The van der Waals surface area contributed by atoms with Gasteiger partial charge < -0.3 is 19.7 Å². The van der Waals surface area contributed by atoms with Gasteiger partial charge in [0.25, 0.3) is 0 Å². The number of pyridine rings is 2. The van der Waals surface area contributed by atoms with E-state index in [2.05, 4.69) is 9.97 Å². The van der Waals surface area contributed by atoms with Crippen molar-refractivity contribution in [2.45, 2.75) is 51.7 Å². The number of carbonyl (C=O) groups is 1. The predicted molar refractivity (Wildman–Crippen MR) is 130 cm³/mol. The van der Waals surface area contributed by atoms with Gasteiger partial charge in [-0.15, -0.1) is 0 Å². The molecule has 36 heavy (non-hydrogen) atoms. The van der Waals surface area contributed by atoms with Crippen LogP contribution in [-0.2, 0) is 17.8 Å². The van der Waals surface area contributed by atoms with Crippen LogP contribution in [0.25, 0.3) is 11.1 Å². The van der Waals surface area contributed by atoms with E-state index in [1.165, 1.54) is 6.07 Å². The molecule has 1 fully saturated rings. The van der Waals surface area contributed by atoms with Gasteiger partial charge in [-0.05, 0) is 68.0 Å². The second-order valence-electron chi connectivity index (χ2n) is 10.3. The summed E-state index contributed by atoms with van der Waals surface area (Å²) in [6, 6.07) is 10.4. The first-order chi connectivity index (χ1) is 17.1. The van der Waals surface area contributed by atoms with Crippen LogP contribution in [0, 0.1) is 24.6 Å². The molecule has 2 N–H and O–H groups in total. The van der Waals surface area contributed by atoms with Crippen molar-refractivity contribution in [2.24, 2.45) is 11.8 Å². The Kier molecular flexibility index (Phi) is 6.16. The van der Waals surface area contributed by atoms with Gasteiger partial charge in [-0.25, -0.2) is 14.4 Å². The number of rotatable bonds is 9. The van der Waals surface area contributed by atoms with Gasteiger partial charge in [0.15, 0.2) is 0 Å². The number of halogens is 1. The van der Waals surface area contributed by atoms with E-state index < -0.39 is 11.6 Å². The highest BCUT2D eigenvalue weighted by molar-refractivity contribution is 5.77. The summed E-state index contributed by atoms with van der Waals surface area (Å²) in [5, 5.41) is 19.1. The number of fused-ring (bicyclic) bond motifs is 3. The zero-order valence-electron chi connectivity index (χ0n) is 20.5. The number of aromatic nitrogens is 2. The zero-order chi connectivity index (χ0) is 25.6. The third-order valence-electron chi connectivity index (χ3n) is 7.02. The summed E-state index contributed by atoms with van der Waals surface area (Å²) in [5.74, 6) is -0.332. The van der Waals surface area contributed by atoms with Gasteiger partial charge >= 0.3 is 5.97 Å². The first-order valence-corrected chi connectivity index (χ1v) is 12.1. The fourth-order valence-electron chi connectivity index (χ4n) is 5.02. The molecule has 7 nitrogen and oxygen atoms in total. The molecule has 3 atom stereocenters. The molecule has 188 valence electrons. The summed E-state index contributed by atoms with van der Waals surface area (Å²) < 4.78 is 26.0. The van der Waals surface area contributed by atoms with Crippen molar-refractivity contribution in [1.29, 1.82) is 0 Å². The molecule has 1 saturated carbocycles. The Hall–Kier alpha value is -3.52. The van der Waals surface area contributed by atoms with Crippen molar-refractivity contribution in [3.63, 3.8) is 0 Å². The van der Waals surface area contributed by atoms with Crippen molar-refractivity contribution >= 4 is 5.97 Å². The highest BCUT2D eigenvalue weighted by Crippen LogP contribution is 2.61. The summed E-state index contributed by atoms with van der Waals surface area (Å²) in [4.78, 5) is 20.1. The van der Waals surface area contributed by atoms with Gasteiger partial charge in [0.1, 0.15) is 12.4 Å². The van der Waals surface area contributed by atoms with Crippen LogP contribution in [0.4, 0.5) is 4.39 Å². The Bertz CT molecular complexity index is 1320. The second-order valence-corrected chi connectivity index (χ2v) is 10.3. The molecule has 3 aromatic rings. The molecule has 0 spiro atoms. The molecule has 0 bridgehead atoms. The number of nitrogens with zero attached hydrogens (tertiary/aromatic N) is 2. The van der Waals surface area contributed by atoms with Crippen LogP contribution in [0.15, 0.2) is 42.6 Å². The molecule has 2 aliphatic carbocycles. The van der Waals surface area contributed by atoms with E-state index in [1.54, 1.807) is 38.2 Å². The Morgan fingerprint density at radius 3 is 2.69 bits per heavy atom. The normalized spacial score (nSPS) is 20.0. The Balaban J connectivity index is 1.25. The lowest BCUT2D eigenvalue weighted by atomic mass is 10.0.